The van der Waals surface area contributed by atoms with E-state index >= 15 is 0 Å². The molecule has 8 heteroatoms. The first-order valence-corrected chi connectivity index (χ1v) is 11.4. The summed E-state index contributed by atoms with van der Waals surface area (Å²) in [4.78, 5) is 31.2. The Balaban J connectivity index is 1.51. The highest BCUT2D eigenvalue weighted by atomic mass is 16.5. The number of amides is 2. The molecular formula is C26H30N4O4. The second kappa shape index (κ2) is 10.1. The van der Waals surface area contributed by atoms with E-state index in [9.17, 15) is 9.59 Å². The molecule has 1 aromatic heterocycles. The molecule has 1 unspecified atom stereocenters. The van der Waals surface area contributed by atoms with Crippen LogP contribution in [-0.2, 0) is 14.3 Å². The molecule has 2 aromatic carbocycles. The number of hydrogen-bond donors (Lipinski definition) is 2. The fourth-order valence-electron chi connectivity index (χ4n) is 4.08. The van der Waals surface area contributed by atoms with Crippen LogP contribution < -0.4 is 20.7 Å². The first-order chi connectivity index (χ1) is 16.3. The Morgan fingerprint density at radius 3 is 2.79 bits per heavy atom. The fourth-order valence-corrected chi connectivity index (χ4v) is 4.08. The van der Waals surface area contributed by atoms with E-state index in [1.54, 1.807) is 17.2 Å². The van der Waals surface area contributed by atoms with Crippen LogP contribution in [0.5, 0.6) is 5.75 Å². The van der Waals surface area contributed by atoms with Gasteiger partial charge in [-0.15, -0.1) is 0 Å². The minimum Gasteiger partial charge on any atom is -0.481 e. The largest absolute Gasteiger partial charge is 0.481 e. The summed E-state index contributed by atoms with van der Waals surface area (Å²) in [6, 6.07) is 13.0. The highest BCUT2D eigenvalue weighted by Gasteiger charge is 2.24. The van der Waals surface area contributed by atoms with Crippen LogP contribution in [0, 0.1) is 12.8 Å². The van der Waals surface area contributed by atoms with Gasteiger partial charge in [0, 0.05) is 29.5 Å². The fraction of sp³-hybridized carbons (Fsp3) is 0.346. The number of aryl methyl sites for hydroxylation is 1. The Hall–Kier alpha value is -3.65. The number of nitrogens with one attached hydrogen (secondary N) is 1. The number of pyridine rings is 1. The predicted octanol–water partition coefficient (Wildman–Crippen LogP) is 3.92. The number of ether oxygens (including phenoxy) is 2. The zero-order valence-electron chi connectivity index (χ0n) is 19.7. The number of carbonyl (C=O) groups is 2. The standard InChI is InChI=1S/C26H30N4O4/c1-16(2)12-23(34-20-6-4-18-8-9-28-25(27)21(18)14-20)26(32)29-19-5-7-22(17(3)13-19)30-10-11-33-15-24(30)31/h4-9,13-14,16,23H,10-12,15H2,1-3H3,(H2,27,28)(H,29,32). The van der Waals surface area contributed by atoms with E-state index in [0.29, 0.717) is 36.8 Å². The molecule has 34 heavy (non-hydrogen) atoms. The van der Waals surface area contributed by atoms with Crippen LogP contribution in [0.25, 0.3) is 10.8 Å². The van der Waals surface area contributed by atoms with Crippen LogP contribution in [0.3, 0.4) is 0 Å². The Bertz CT molecular complexity index is 1210. The van der Waals surface area contributed by atoms with Gasteiger partial charge in [0.15, 0.2) is 6.10 Å². The summed E-state index contributed by atoms with van der Waals surface area (Å²) in [5.74, 6) is 0.928. The Kier molecular flexibility index (Phi) is 6.98. The second-order valence-corrected chi connectivity index (χ2v) is 8.90. The van der Waals surface area contributed by atoms with Crippen LogP contribution in [0.1, 0.15) is 25.8 Å². The molecular weight excluding hydrogens is 432 g/mol. The number of nitrogen functional groups attached to an aromatic ring is 1. The molecule has 1 aliphatic heterocycles. The van der Waals surface area contributed by atoms with Crippen molar-refractivity contribution in [3.8, 4) is 5.75 Å². The number of morpholine rings is 1. The van der Waals surface area contributed by atoms with E-state index in [4.69, 9.17) is 15.2 Å². The molecule has 3 aromatic rings. The number of fused-ring (bicyclic) bond motifs is 1. The van der Waals surface area contributed by atoms with E-state index < -0.39 is 6.10 Å². The van der Waals surface area contributed by atoms with Crippen molar-refractivity contribution >= 4 is 39.8 Å². The van der Waals surface area contributed by atoms with Crippen molar-refractivity contribution < 1.29 is 19.1 Å². The minimum atomic E-state index is -0.684. The summed E-state index contributed by atoms with van der Waals surface area (Å²) in [6.07, 6.45) is 1.53. The van der Waals surface area contributed by atoms with Crippen molar-refractivity contribution in [3.63, 3.8) is 0 Å². The maximum atomic E-state index is 13.2. The van der Waals surface area contributed by atoms with Crippen LogP contribution in [0.4, 0.5) is 17.2 Å². The number of nitrogens with two attached hydrogens (primary N) is 1. The third-order valence-corrected chi connectivity index (χ3v) is 5.77. The van der Waals surface area contributed by atoms with Gasteiger partial charge in [0.2, 0.25) is 0 Å². The van der Waals surface area contributed by atoms with Gasteiger partial charge in [-0.3, -0.25) is 9.59 Å². The van der Waals surface area contributed by atoms with Crippen LogP contribution in [0.15, 0.2) is 48.7 Å². The van der Waals surface area contributed by atoms with E-state index in [1.165, 1.54) is 0 Å². The van der Waals surface area contributed by atoms with E-state index in [-0.39, 0.29) is 24.3 Å². The normalized spacial score (nSPS) is 14.9. The number of benzene rings is 2. The van der Waals surface area contributed by atoms with Crippen molar-refractivity contribution in [1.29, 1.82) is 0 Å². The molecule has 0 spiro atoms. The highest BCUT2D eigenvalue weighted by Crippen LogP contribution is 2.27. The topological polar surface area (TPSA) is 107 Å². The third-order valence-electron chi connectivity index (χ3n) is 5.77. The molecule has 8 nitrogen and oxygen atoms in total. The van der Waals surface area contributed by atoms with Gasteiger partial charge in [-0.2, -0.15) is 0 Å². The van der Waals surface area contributed by atoms with E-state index in [1.807, 2.05) is 57.2 Å². The van der Waals surface area contributed by atoms with Gasteiger partial charge in [0.05, 0.1) is 6.61 Å². The van der Waals surface area contributed by atoms with Crippen molar-refractivity contribution in [2.24, 2.45) is 5.92 Å². The maximum Gasteiger partial charge on any atom is 0.265 e. The minimum absolute atomic E-state index is 0.0669. The molecule has 178 valence electrons. The van der Waals surface area contributed by atoms with Crippen molar-refractivity contribution in [3.05, 3.63) is 54.2 Å². The summed E-state index contributed by atoms with van der Waals surface area (Å²) in [6.45, 7) is 7.12. The smallest absolute Gasteiger partial charge is 0.265 e. The van der Waals surface area contributed by atoms with Gasteiger partial charge < -0.3 is 25.4 Å². The molecule has 1 atom stereocenters. The molecule has 1 fully saturated rings. The van der Waals surface area contributed by atoms with Gasteiger partial charge in [-0.25, -0.2) is 4.98 Å². The van der Waals surface area contributed by atoms with Crippen LogP contribution in [0.2, 0.25) is 0 Å². The van der Waals surface area contributed by atoms with Gasteiger partial charge in [-0.1, -0.05) is 19.9 Å². The number of nitrogens with zero attached hydrogens (tertiary/aromatic N) is 2. The molecule has 0 radical (unpaired) electrons. The lowest BCUT2D eigenvalue weighted by molar-refractivity contribution is -0.125. The lowest BCUT2D eigenvalue weighted by Crippen LogP contribution is -2.42. The molecule has 2 heterocycles. The highest BCUT2D eigenvalue weighted by molar-refractivity contribution is 5.97. The van der Waals surface area contributed by atoms with Crippen molar-refractivity contribution in [2.75, 3.05) is 35.7 Å². The first kappa shape index (κ1) is 23.5. The average Bonchev–Trinajstić information content (AvgIpc) is 2.80. The van der Waals surface area contributed by atoms with E-state index in [2.05, 4.69) is 10.3 Å². The van der Waals surface area contributed by atoms with Gasteiger partial charge in [0.1, 0.15) is 18.2 Å². The van der Waals surface area contributed by atoms with Crippen LogP contribution in [-0.4, -0.2) is 42.7 Å². The zero-order valence-corrected chi connectivity index (χ0v) is 19.7. The SMILES string of the molecule is Cc1cc(NC(=O)C(CC(C)C)Oc2ccc3ccnc(N)c3c2)ccc1N1CCOCC1=O. The van der Waals surface area contributed by atoms with Gasteiger partial charge in [-0.05, 0) is 66.6 Å². The quantitative estimate of drug-likeness (QED) is 0.551. The van der Waals surface area contributed by atoms with Gasteiger partial charge >= 0.3 is 0 Å². The van der Waals surface area contributed by atoms with Crippen molar-refractivity contribution in [1.82, 2.24) is 4.98 Å². The Morgan fingerprint density at radius 2 is 2.06 bits per heavy atom. The molecule has 2 amide bonds. The Labute approximate surface area is 199 Å². The lowest BCUT2D eigenvalue weighted by atomic mass is 10.0. The third kappa shape index (κ3) is 5.28. The van der Waals surface area contributed by atoms with Gasteiger partial charge in [0.25, 0.3) is 11.8 Å². The summed E-state index contributed by atoms with van der Waals surface area (Å²) < 4.78 is 11.3. The van der Waals surface area contributed by atoms with Crippen LogP contribution >= 0.6 is 0 Å². The number of anilines is 3. The molecule has 0 aliphatic carbocycles. The van der Waals surface area contributed by atoms with Crippen molar-refractivity contribution in [2.45, 2.75) is 33.3 Å². The number of carbonyl (C=O) groups excluding carboxylic acids is 2. The van der Waals surface area contributed by atoms with E-state index in [0.717, 1.165) is 22.0 Å². The number of aromatic nitrogens is 1. The Morgan fingerprint density at radius 1 is 1.24 bits per heavy atom. The number of rotatable bonds is 7. The molecule has 0 saturated carbocycles. The summed E-state index contributed by atoms with van der Waals surface area (Å²) >= 11 is 0. The monoisotopic (exact) mass is 462 g/mol. The summed E-state index contributed by atoms with van der Waals surface area (Å²) in [7, 11) is 0. The number of hydrogen-bond acceptors (Lipinski definition) is 6. The molecule has 0 bridgehead atoms. The molecule has 4 rings (SSSR count). The first-order valence-electron chi connectivity index (χ1n) is 11.4. The summed E-state index contributed by atoms with van der Waals surface area (Å²) in [5.41, 5.74) is 8.38. The zero-order chi connectivity index (χ0) is 24.2. The second-order valence-electron chi connectivity index (χ2n) is 8.90. The average molecular weight is 463 g/mol. The summed E-state index contributed by atoms with van der Waals surface area (Å²) in [5, 5.41) is 4.71. The maximum absolute atomic E-state index is 13.2. The molecule has 1 saturated heterocycles. The molecule has 3 N–H and O–H groups in total. The molecule has 1 aliphatic rings. The predicted molar refractivity (Wildman–Crippen MR) is 133 cm³/mol. The lowest BCUT2D eigenvalue weighted by Gasteiger charge is -2.28.